The Bertz CT molecular complexity index is 1300. The van der Waals surface area contributed by atoms with E-state index < -0.39 is 15.9 Å². The van der Waals surface area contributed by atoms with Crippen LogP contribution < -0.4 is 17.3 Å². The van der Waals surface area contributed by atoms with Crippen LogP contribution in [-0.2, 0) is 17.1 Å². The lowest BCUT2D eigenvalue weighted by molar-refractivity contribution is -0.0891. The van der Waals surface area contributed by atoms with Gasteiger partial charge in [-0.15, -0.1) is 0 Å². The van der Waals surface area contributed by atoms with Gasteiger partial charge in [0, 0.05) is 25.4 Å². The zero-order valence-corrected chi connectivity index (χ0v) is 22.0. The lowest BCUT2D eigenvalue weighted by Gasteiger charge is -2.18. The molecular weight excluding hydrogens is 604 g/mol. The Morgan fingerprint density at radius 3 is 2.62 bits per heavy atom. The number of carbonyl (C=O) groups is 1. The highest BCUT2D eigenvalue weighted by molar-refractivity contribution is 14.1. The molecule has 0 bridgehead atoms. The molecule has 182 valence electrons. The minimum absolute atomic E-state index is 0.0101. The third-order valence-electron chi connectivity index (χ3n) is 4.30. The Morgan fingerprint density at radius 2 is 2.00 bits per heavy atom. The van der Waals surface area contributed by atoms with Gasteiger partial charge < -0.3 is 9.47 Å². The van der Waals surface area contributed by atoms with Crippen LogP contribution in [0.5, 0.6) is 11.5 Å². The van der Waals surface area contributed by atoms with E-state index in [0.717, 1.165) is 6.07 Å². The second-order valence-corrected chi connectivity index (χ2v) is 10.1. The number of rotatable bonds is 9. The Labute approximate surface area is 211 Å². The van der Waals surface area contributed by atoms with Crippen LogP contribution in [0.25, 0.3) is 0 Å². The zero-order chi connectivity index (χ0) is 25.1. The summed E-state index contributed by atoms with van der Waals surface area (Å²) in [5.41, 5.74) is 0.733. The predicted octanol–water partition coefficient (Wildman–Crippen LogP) is 4.42. The first kappa shape index (κ1) is 26.1. The molecule has 9 nitrogen and oxygen atoms in total. The highest BCUT2D eigenvalue weighted by atomic mass is 127. The van der Waals surface area contributed by atoms with Crippen molar-refractivity contribution in [3.05, 3.63) is 60.4 Å². The van der Waals surface area contributed by atoms with Gasteiger partial charge in [0.15, 0.2) is 0 Å². The molecule has 1 atom stereocenters. The van der Waals surface area contributed by atoms with E-state index in [0.29, 0.717) is 11.4 Å². The third kappa shape index (κ3) is 6.33. The largest absolute Gasteiger partial charge is 0.492 e. The van der Waals surface area contributed by atoms with Gasteiger partial charge in [-0.05, 0) is 46.5 Å². The molecule has 1 aromatic heterocycles. The Morgan fingerprint density at radius 1 is 1.26 bits per heavy atom. The molecule has 34 heavy (non-hydrogen) atoms. The van der Waals surface area contributed by atoms with Crippen molar-refractivity contribution >= 4 is 59.4 Å². The number of anilines is 2. The van der Waals surface area contributed by atoms with Crippen molar-refractivity contribution in [3.63, 3.8) is 0 Å². The second kappa shape index (κ2) is 10.4. The number of nitrogens with zero attached hydrogens (tertiary/aromatic N) is 3. The van der Waals surface area contributed by atoms with E-state index in [1.54, 1.807) is 42.9 Å². The molecule has 3 aromatic rings. The number of nitrogens with one attached hydrogen (secondary N) is 1. The maximum Gasteiger partial charge on any atom is 0.408 e. The summed E-state index contributed by atoms with van der Waals surface area (Å²) in [5, 5.41) is 3.97. The smallest absolute Gasteiger partial charge is 0.408 e. The number of aromatic nitrogens is 2. The second-order valence-electron chi connectivity index (χ2n) is 6.79. The highest BCUT2D eigenvalue weighted by Gasteiger charge is 2.26. The van der Waals surface area contributed by atoms with E-state index in [4.69, 9.17) is 4.74 Å². The number of amides is 1. The van der Waals surface area contributed by atoms with Gasteiger partial charge in [0.2, 0.25) is 0 Å². The number of benzene rings is 2. The van der Waals surface area contributed by atoms with Crippen molar-refractivity contribution in [2.75, 3.05) is 14.4 Å². The molecule has 0 spiro atoms. The van der Waals surface area contributed by atoms with Crippen molar-refractivity contribution < 1.29 is 31.5 Å². The molecule has 2 aromatic carbocycles. The number of ether oxygens (including phenoxy) is 2. The highest BCUT2D eigenvalue weighted by Crippen LogP contribution is 2.34. The van der Waals surface area contributed by atoms with Crippen LogP contribution in [0, 0.1) is 0 Å². The minimum Gasteiger partial charge on any atom is -0.492 e. The van der Waals surface area contributed by atoms with Crippen LogP contribution in [0.3, 0.4) is 0 Å². The molecule has 0 aliphatic rings. The van der Waals surface area contributed by atoms with Gasteiger partial charge in [0.05, 0.1) is 40.8 Å². The molecule has 1 heterocycles. The first-order valence-electron chi connectivity index (χ1n) is 9.65. The quantitative estimate of drug-likeness (QED) is 0.215. The molecule has 0 fully saturated rings. The molecule has 1 unspecified atom stereocenters. The van der Waals surface area contributed by atoms with Crippen LogP contribution in [0.2, 0.25) is 0 Å². The summed E-state index contributed by atoms with van der Waals surface area (Å²) < 4.78 is 67.4. The van der Waals surface area contributed by atoms with Crippen molar-refractivity contribution in [3.8, 4) is 11.5 Å². The summed E-state index contributed by atoms with van der Waals surface area (Å²) >= 11 is 1.81. The average Bonchev–Trinajstić information content (AvgIpc) is 3.17. The van der Waals surface area contributed by atoms with Gasteiger partial charge in [-0.2, -0.15) is 13.9 Å². The first-order chi connectivity index (χ1) is 15.9. The number of hydrogen-bond acceptors (Lipinski definition) is 6. The van der Waals surface area contributed by atoms with Gasteiger partial charge in [0.1, 0.15) is 22.1 Å². The standard InChI is InChI=1S/C20H20F2IN4O5PS/c1-3-31-17-12-14(27(23)19(28)16-9-10-24-26(16)2)7-8-18(17)34(29,30)25-13-5-4-6-15(11-13)32-20(21,22)33/h4-12,25H,3,33H2,1-2H3. The summed E-state index contributed by atoms with van der Waals surface area (Å²) in [6, 6.07) is 10.9. The number of halogens is 3. The summed E-state index contributed by atoms with van der Waals surface area (Å²) in [4.78, 5) is 12.6. The first-order valence-corrected chi connectivity index (χ1v) is 12.7. The van der Waals surface area contributed by atoms with Gasteiger partial charge >= 0.3 is 5.85 Å². The van der Waals surface area contributed by atoms with Crippen LogP contribution in [0.4, 0.5) is 20.2 Å². The Kier molecular flexibility index (Phi) is 7.98. The maximum atomic E-state index is 13.1. The van der Waals surface area contributed by atoms with E-state index in [1.807, 2.05) is 0 Å². The lowest BCUT2D eigenvalue weighted by Crippen LogP contribution is -2.23. The molecular formula is C20H20F2IN4O5PS. The molecule has 0 saturated carbocycles. The van der Waals surface area contributed by atoms with Gasteiger partial charge in [0.25, 0.3) is 15.9 Å². The van der Waals surface area contributed by atoms with Crippen LogP contribution in [-0.4, -0.2) is 36.6 Å². The summed E-state index contributed by atoms with van der Waals surface area (Å²) in [5.74, 6) is -4.08. The monoisotopic (exact) mass is 624 g/mol. The Balaban J connectivity index is 1.91. The summed E-state index contributed by atoms with van der Waals surface area (Å²) in [7, 11) is -1.31. The number of aryl methyl sites for hydroxylation is 1. The lowest BCUT2D eigenvalue weighted by atomic mass is 10.3. The van der Waals surface area contributed by atoms with Crippen molar-refractivity contribution in [1.29, 1.82) is 0 Å². The topological polar surface area (TPSA) is 103 Å². The van der Waals surface area contributed by atoms with E-state index in [-0.39, 0.29) is 34.6 Å². The molecule has 0 saturated heterocycles. The van der Waals surface area contributed by atoms with Crippen molar-refractivity contribution in [2.45, 2.75) is 17.7 Å². The summed E-state index contributed by atoms with van der Waals surface area (Å²) in [6.07, 6.45) is 1.49. The van der Waals surface area contributed by atoms with Crippen LogP contribution in [0.15, 0.2) is 59.6 Å². The SMILES string of the molecule is CCOc1cc(N(I)C(=O)c2ccnn2C)ccc1S(=O)(=O)Nc1cccc(OC(F)(F)P)c1. The molecule has 0 aliphatic carbocycles. The predicted molar refractivity (Wildman–Crippen MR) is 134 cm³/mol. The third-order valence-corrected chi connectivity index (χ3v) is 6.84. The van der Waals surface area contributed by atoms with E-state index in [1.165, 1.54) is 59.6 Å². The summed E-state index contributed by atoms with van der Waals surface area (Å²) in [6.45, 7) is 1.85. The normalized spacial score (nSPS) is 11.7. The van der Waals surface area contributed by atoms with Crippen LogP contribution in [0.1, 0.15) is 17.4 Å². The minimum atomic E-state index is -4.18. The Hall–Kier alpha value is -2.51. The van der Waals surface area contributed by atoms with E-state index >= 15 is 0 Å². The van der Waals surface area contributed by atoms with Gasteiger partial charge in [-0.25, -0.2) is 11.5 Å². The average molecular weight is 624 g/mol. The van der Waals surface area contributed by atoms with E-state index in [2.05, 4.69) is 14.6 Å². The molecule has 0 radical (unpaired) electrons. The van der Waals surface area contributed by atoms with Crippen LogP contribution >= 0.6 is 32.1 Å². The number of carbonyl (C=O) groups excluding carboxylic acids is 1. The van der Waals surface area contributed by atoms with Crippen molar-refractivity contribution in [1.82, 2.24) is 9.78 Å². The molecule has 0 aliphatic heterocycles. The van der Waals surface area contributed by atoms with Crippen molar-refractivity contribution in [2.24, 2.45) is 7.05 Å². The number of hydrogen-bond donors (Lipinski definition) is 1. The maximum absolute atomic E-state index is 13.1. The molecule has 1 N–H and O–H groups in total. The molecule has 14 heteroatoms. The zero-order valence-electron chi connectivity index (χ0n) is 17.9. The fourth-order valence-electron chi connectivity index (χ4n) is 2.90. The van der Waals surface area contributed by atoms with Gasteiger partial charge in [-0.1, -0.05) is 6.07 Å². The number of sulfonamides is 1. The van der Waals surface area contributed by atoms with Gasteiger partial charge in [-0.3, -0.25) is 14.2 Å². The van der Waals surface area contributed by atoms with E-state index in [9.17, 15) is 22.0 Å². The fourth-order valence-corrected chi connectivity index (χ4v) is 4.76. The number of alkyl halides is 2. The molecule has 1 amide bonds. The molecule has 3 rings (SSSR count). The fraction of sp³-hybridized carbons (Fsp3) is 0.200.